The van der Waals surface area contributed by atoms with Crippen LogP contribution in [0.3, 0.4) is 0 Å². The molecule has 2 aliphatic rings. The molecule has 0 aliphatic carbocycles. The van der Waals surface area contributed by atoms with Gasteiger partial charge in [-0.1, -0.05) is 0 Å². The van der Waals surface area contributed by atoms with E-state index in [9.17, 15) is 13.2 Å². The molecule has 0 aromatic carbocycles. The summed E-state index contributed by atoms with van der Waals surface area (Å²) in [5.74, 6) is 2.45. The number of carbonyl (C=O) groups is 1. The van der Waals surface area contributed by atoms with Gasteiger partial charge in [0.2, 0.25) is 15.9 Å². The van der Waals surface area contributed by atoms with Gasteiger partial charge >= 0.3 is 0 Å². The fourth-order valence-electron chi connectivity index (χ4n) is 3.36. The number of thioether (sulfide) groups is 1. The summed E-state index contributed by atoms with van der Waals surface area (Å²) in [5, 5.41) is 3.24. The van der Waals surface area contributed by atoms with Gasteiger partial charge in [-0.05, 0) is 25.7 Å². The Balaban J connectivity index is 1.94. The van der Waals surface area contributed by atoms with Crippen molar-refractivity contribution in [2.24, 2.45) is 16.6 Å². The van der Waals surface area contributed by atoms with E-state index in [1.165, 1.54) is 0 Å². The van der Waals surface area contributed by atoms with E-state index in [0.717, 1.165) is 43.4 Å². The molecule has 0 spiro atoms. The molecule has 2 rings (SSSR count). The van der Waals surface area contributed by atoms with Crippen molar-refractivity contribution in [1.82, 2.24) is 14.5 Å². The molecule has 1 amide bonds. The van der Waals surface area contributed by atoms with E-state index in [4.69, 9.17) is 5.73 Å². The Labute approximate surface area is 161 Å². The van der Waals surface area contributed by atoms with E-state index in [2.05, 4.69) is 15.2 Å². The van der Waals surface area contributed by atoms with Crippen molar-refractivity contribution >= 4 is 33.7 Å². The Hall–Kier alpha value is -1.00. The molecule has 10 heteroatoms. The van der Waals surface area contributed by atoms with Crippen LogP contribution >= 0.6 is 11.8 Å². The molecular formula is C16H31N5O3S2. The predicted molar refractivity (Wildman–Crippen MR) is 107 cm³/mol. The number of amides is 1. The third kappa shape index (κ3) is 6.62. The number of carbonyl (C=O) groups excluding carboxylic acids is 1. The highest BCUT2D eigenvalue weighted by Crippen LogP contribution is 2.19. The molecule has 2 fully saturated rings. The lowest BCUT2D eigenvalue weighted by atomic mass is 9.95. The van der Waals surface area contributed by atoms with E-state index < -0.39 is 10.0 Å². The summed E-state index contributed by atoms with van der Waals surface area (Å²) in [6.45, 7) is 5.72. The van der Waals surface area contributed by atoms with Gasteiger partial charge in [0.1, 0.15) is 0 Å². The number of guanidine groups is 1. The van der Waals surface area contributed by atoms with Crippen LogP contribution < -0.4 is 11.1 Å². The third-order valence-electron chi connectivity index (χ3n) is 4.62. The Kier molecular flexibility index (Phi) is 8.49. The average Bonchev–Trinajstić information content (AvgIpc) is 2.61. The highest BCUT2D eigenvalue weighted by molar-refractivity contribution is 7.99. The van der Waals surface area contributed by atoms with E-state index in [0.29, 0.717) is 26.1 Å². The topological polar surface area (TPSA) is 108 Å². The van der Waals surface area contributed by atoms with Gasteiger partial charge in [0.15, 0.2) is 5.96 Å². The molecule has 0 aromatic heterocycles. The van der Waals surface area contributed by atoms with Crippen LogP contribution in [0, 0.1) is 5.92 Å². The summed E-state index contributed by atoms with van der Waals surface area (Å²) in [6.07, 6.45) is 2.35. The first-order chi connectivity index (χ1) is 12.4. The fraction of sp³-hybridized carbons (Fsp3) is 0.875. The largest absolute Gasteiger partial charge is 0.370 e. The summed E-state index contributed by atoms with van der Waals surface area (Å²) < 4.78 is 26.5. The van der Waals surface area contributed by atoms with Gasteiger partial charge in [-0.25, -0.2) is 12.7 Å². The first kappa shape index (κ1) is 21.3. The molecule has 2 saturated heterocycles. The van der Waals surface area contributed by atoms with E-state index in [-0.39, 0.29) is 24.1 Å². The third-order valence-corrected chi connectivity index (χ3v) is 7.41. The number of nitrogens with two attached hydrogens (primary N) is 1. The van der Waals surface area contributed by atoms with Gasteiger partial charge < -0.3 is 16.0 Å². The lowest BCUT2D eigenvalue weighted by molar-refractivity contribution is -0.119. The van der Waals surface area contributed by atoms with Gasteiger partial charge in [0.05, 0.1) is 12.3 Å². The number of hydrogen-bond acceptors (Lipinski definition) is 5. The molecule has 1 unspecified atom stereocenters. The van der Waals surface area contributed by atoms with Crippen LogP contribution in [0.15, 0.2) is 4.99 Å². The number of likely N-dealkylation sites (tertiary alicyclic amines) is 1. The van der Waals surface area contributed by atoms with Crippen LogP contribution in [-0.2, 0) is 14.8 Å². The monoisotopic (exact) mass is 405 g/mol. The lowest BCUT2D eigenvalue weighted by Crippen LogP contribution is -2.47. The van der Waals surface area contributed by atoms with Gasteiger partial charge in [0.25, 0.3) is 0 Å². The molecule has 150 valence electrons. The molecule has 0 aromatic rings. The second-order valence-corrected chi connectivity index (χ2v) is 10.0. The summed E-state index contributed by atoms with van der Waals surface area (Å²) in [5.41, 5.74) is 5.33. The molecule has 2 heterocycles. The molecule has 0 bridgehead atoms. The number of aliphatic imine (C=N–C) groups is 1. The molecule has 0 saturated carbocycles. The van der Waals surface area contributed by atoms with Crippen molar-refractivity contribution in [3.05, 3.63) is 0 Å². The summed E-state index contributed by atoms with van der Waals surface area (Å²) in [6, 6.07) is 0. The highest BCUT2D eigenvalue weighted by atomic mass is 32.2. The smallest absolute Gasteiger partial charge is 0.217 e. The van der Waals surface area contributed by atoms with Crippen LogP contribution in [-0.4, -0.2) is 86.0 Å². The minimum Gasteiger partial charge on any atom is -0.370 e. The maximum Gasteiger partial charge on any atom is 0.217 e. The normalized spacial score (nSPS) is 23.0. The molecule has 3 N–H and O–H groups in total. The van der Waals surface area contributed by atoms with Crippen LogP contribution in [0.2, 0.25) is 0 Å². The number of piperidine rings is 1. The lowest BCUT2D eigenvalue weighted by Gasteiger charge is -2.34. The number of rotatable bonds is 7. The van der Waals surface area contributed by atoms with Crippen molar-refractivity contribution < 1.29 is 13.2 Å². The average molecular weight is 406 g/mol. The number of hydrogen-bond donors (Lipinski definition) is 2. The zero-order valence-electron chi connectivity index (χ0n) is 15.5. The molecule has 8 nitrogen and oxygen atoms in total. The molecule has 26 heavy (non-hydrogen) atoms. The Morgan fingerprint density at radius 1 is 1.31 bits per heavy atom. The Morgan fingerprint density at radius 3 is 2.69 bits per heavy atom. The van der Waals surface area contributed by atoms with Crippen LogP contribution in [0.25, 0.3) is 0 Å². The second-order valence-electron chi connectivity index (χ2n) is 6.69. The van der Waals surface area contributed by atoms with Gasteiger partial charge in [-0.3, -0.25) is 9.79 Å². The van der Waals surface area contributed by atoms with Crippen molar-refractivity contribution in [1.29, 1.82) is 0 Å². The van der Waals surface area contributed by atoms with Gasteiger partial charge in [0, 0.05) is 50.7 Å². The predicted octanol–water partition coefficient (Wildman–Crippen LogP) is -0.0821. The van der Waals surface area contributed by atoms with Gasteiger partial charge in [-0.2, -0.15) is 11.8 Å². The molecule has 2 aliphatic heterocycles. The van der Waals surface area contributed by atoms with Crippen molar-refractivity contribution in [2.45, 2.75) is 26.2 Å². The molecular weight excluding hydrogens is 374 g/mol. The van der Waals surface area contributed by atoms with Crippen molar-refractivity contribution in [3.63, 3.8) is 0 Å². The number of nitrogens with one attached hydrogen (secondary N) is 1. The van der Waals surface area contributed by atoms with Crippen molar-refractivity contribution in [3.8, 4) is 0 Å². The first-order valence-electron chi connectivity index (χ1n) is 9.29. The quantitative estimate of drug-likeness (QED) is 0.453. The van der Waals surface area contributed by atoms with E-state index >= 15 is 0 Å². The number of primary amides is 1. The van der Waals surface area contributed by atoms with Crippen LogP contribution in [0.4, 0.5) is 0 Å². The minimum atomic E-state index is -3.25. The van der Waals surface area contributed by atoms with Crippen LogP contribution in [0.1, 0.15) is 26.2 Å². The summed E-state index contributed by atoms with van der Waals surface area (Å²) >= 11 is 1.79. The summed E-state index contributed by atoms with van der Waals surface area (Å²) in [4.78, 5) is 17.8. The van der Waals surface area contributed by atoms with E-state index in [1.807, 2.05) is 6.92 Å². The van der Waals surface area contributed by atoms with Gasteiger partial charge in [-0.15, -0.1) is 0 Å². The maximum atomic E-state index is 12.4. The minimum absolute atomic E-state index is 0.0329. The van der Waals surface area contributed by atoms with E-state index in [1.54, 1.807) is 16.1 Å². The van der Waals surface area contributed by atoms with Crippen molar-refractivity contribution in [2.75, 3.05) is 56.5 Å². The first-order valence-corrected chi connectivity index (χ1v) is 12.1. The zero-order valence-corrected chi connectivity index (χ0v) is 17.2. The fourth-order valence-corrected chi connectivity index (χ4v) is 5.81. The Bertz CT molecular complexity index is 591. The maximum absolute atomic E-state index is 12.4. The summed E-state index contributed by atoms with van der Waals surface area (Å²) in [7, 11) is -3.25. The van der Waals surface area contributed by atoms with Crippen LogP contribution in [0.5, 0.6) is 0 Å². The highest BCUT2D eigenvalue weighted by Gasteiger charge is 2.25. The zero-order chi connectivity index (χ0) is 19.0. The molecule has 1 atom stereocenters. The Morgan fingerprint density at radius 2 is 2.04 bits per heavy atom. The second kappa shape index (κ2) is 10.4. The molecule has 0 radical (unpaired) electrons. The number of nitrogens with zero attached hydrogens (tertiary/aromatic N) is 3. The SMILES string of the molecule is CCNC(=NCCS(=O)(=O)N1CCSCC1)N1CCCC(CC(N)=O)C1. The standard InChI is InChI=1S/C16H31N5O3S2/c1-2-18-16(20-6-3-4-14(13-20)12-15(17)22)19-5-11-26(23,24)21-7-9-25-10-8-21/h14H,2-13H2,1H3,(H2,17,22)(H,18,19). The number of sulfonamides is 1.